The van der Waals surface area contributed by atoms with Gasteiger partial charge in [-0.15, -0.1) is 0 Å². The number of H-pyrrole nitrogens is 9. The molecule has 9 heterocycles. The summed E-state index contributed by atoms with van der Waals surface area (Å²) in [5.41, 5.74) is 55.6. The van der Waals surface area contributed by atoms with Crippen LogP contribution in [0, 0.1) is 34.9 Å². The fourth-order valence-electron chi connectivity index (χ4n) is 3.84. The van der Waals surface area contributed by atoms with Crippen LogP contribution >= 0.6 is 0 Å². The molecule has 0 aliphatic heterocycles. The van der Waals surface area contributed by atoms with Crippen LogP contribution in [0.2, 0.25) is 0 Å². The fourth-order valence-corrected chi connectivity index (χ4v) is 3.84. The highest BCUT2D eigenvalue weighted by Crippen LogP contribution is 2.01. The molecule has 522 valence electrons. The molecule has 9 aromatic rings. The molecular formula is C45H63F6N33O12. The van der Waals surface area contributed by atoms with Crippen molar-refractivity contribution in [2.75, 3.05) is 111 Å². The van der Waals surface area contributed by atoms with Gasteiger partial charge in [0.25, 0.3) is 16.7 Å². The lowest BCUT2D eigenvalue weighted by atomic mass is 10.6. The van der Waals surface area contributed by atoms with E-state index in [1.165, 1.54) is 14.7 Å². The number of carbonyl (C=O) groups is 3. The highest BCUT2D eigenvalue weighted by molar-refractivity contribution is 5.46. The molecular weight excluding hydrogens is 1310 g/mol. The van der Waals surface area contributed by atoms with Gasteiger partial charge in [-0.05, 0) is 0 Å². The molecule has 0 saturated heterocycles. The van der Waals surface area contributed by atoms with Crippen LogP contribution in [0.1, 0.15) is 0 Å². The third kappa shape index (κ3) is 44.0. The van der Waals surface area contributed by atoms with Gasteiger partial charge in [0.15, 0.2) is 34.9 Å². The van der Waals surface area contributed by atoms with Crippen molar-refractivity contribution in [3.05, 3.63) is 184 Å². The highest BCUT2D eigenvalue weighted by atomic mass is 19.1. The summed E-state index contributed by atoms with van der Waals surface area (Å²) >= 11 is 0. The molecule has 0 radical (unpaired) electrons. The van der Waals surface area contributed by atoms with E-state index in [0.717, 1.165) is 74.6 Å². The number of nitrogen functional groups attached to an aromatic ring is 12. The molecule has 96 heavy (non-hydrogen) atoms. The molecule has 0 aliphatic carbocycles. The standard InChI is InChI=1S/6C4H4FN3O.3C4H6N4O.3C3H7NO/c6*5-2-1-7-4(9)8-3(2)6;3*5-2-1-3(9)8-4(6)7-2;3*1-4(2)3-5/h6*1H,(H3,6,7,8,9);3*1H,(H5,5,6,7,8,9);3*3H,1-2H3. The largest absolute Gasteiger partial charge is 0.383 e. The number of aromatic nitrogens is 18. The van der Waals surface area contributed by atoms with E-state index in [9.17, 15) is 83.9 Å². The summed E-state index contributed by atoms with van der Waals surface area (Å²) in [5, 5.41) is 0. The van der Waals surface area contributed by atoms with Gasteiger partial charge in [-0.25, -0.2) is 55.1 Å². The number of carbonyl (C=O) groups excluding carboxylic acids is 3. The predicted octanol–water partition coefficient (Wildman–Crippen LogP) is -7.14. The maximum atomic E-state index is 12.1. The zero-order valence-electron chi connectivity index (χ0n) is 50.4. The monoisotopic (exact) mass is 1370 g/mol. The van der Waals surface area contributed by atoms with Gasteiger partial charge in [-0.2, -0.15) is 44.9 Å². The number of aromatic amines is 9. The number of nitrogens with zero attached hydrogens (tertiary/aromatic N) is 12. The topological polar surface area (TPSA) is 785 Å². The van der Waals surface area contributed by atoms with Crippen LogP contribution in [0.25, 0.3) is 0 Å². The van der Waals surface area contributed by atoms with Crippen molar-refractivity contribution in [1.82, 2.24) is 104 Å². The molecule has 0 unspecified atom stereocenters. The molecule has 0 aromatic carbocycles. The minimum atomic E-state index is -0.713. The average molecular weight is 1370 g/mol. The molecule has 33 N–H and O–H groups in total. The maximum absolute atomic E-state index is 12.1. The first-order valence-electron chi connectivity index (χ1n) is 24.3. The Bertz CT molecular complexity index is 3730. The molecule has 0 spiro atoms. The Morgan fingerprint density at radius 1 is 0.292 bits per heavy atom. The van der Waals surface area contributed by atoms with Crippen molar-refractivity contribution in [3.63, 3.8) is 0 Å². The number of nitrogens with one attached hydrogen (secondary N) is 9. The summed E-state index contributed by atoms with van der Waals surface area (Å²) in [5.74, 6) is -5.44. The van der Waals surface area contributed by atoms with Crippen LogP contribution in [0.5, 0.6) is 0 Å². The van der Waals surface area contributed by atoms with Gasteiger partial charge < -0.3 is 83.5 Å². The molecule has 0 fully saturated rings. The van der Waals surface area contributed by atoms with E-state index in [2.05, 4.69) is 59.8 Å². The van der Waals surface area contributed by atoms with Crippen LogP contribution in [0.3, 0.4) is 0 Å². The van der Waals surface area contributed by atoms with Crippen LogP contribution in [-0.2, 0) is 14.4 Å². The summed E-state index contributed by atoms with van der Waals surface area (Å²) in [7, 11) is 10.1. The normalized spacial score (nSPS) is 9.00. The first-order valence-corrected chi connectivity index (χ1v) is 24.3. The van der Waals surface area contributed by atoms with E-state index in [-0.39, 0.29) is 86.9 Å². The first-order chi connectivity index (χ1) is 44.5. The average Bonchev–Trinajstić information content (AvgIpc) is 2.60. The fraction of sp³-hybridized carbons (Fsp3) is 0.133. The van der Waals surface area contributed by atoms with Crippen molar-refractivity contribution >= 4 is 89.4 Å². The number of anilines is 12. The summed E-state index contributed by atoms with van der Waals surface area (Å²) in [6.07, 6.45) is 6.88. The van der Waals surface area contributed by atoms with Crippen molar-refractivity contribution < 1.29 is 40.7 Å². The molecule has 0 bridgehead atoms. The van der Waals surface area contributed by atoms with Gasteiger partial charge in [-0.3, -0.25) is 73.6 Å². The molecule has 3 amide bonds. The Morgan fingerprint density at radius 3 is 0.510 bits per heavy atom. The van der Waals surface area contributed by atoms with E-state index in [1.807, 2.05) is 29.9 Å². The Labute approximate surface area is 528 Å². The summed E-state index contributed by atoms with van der Waals surface area (Å²) in [4.78, 5) is 173. The number of halogens is 6. The molecule has 0 saturated carbocycles. The van der Waals surface area contributed by atoms with Crippen LogP contribution in [0.15, 0.2) is 98.5 Å². The molecule has 0 atom stereocenters. The van der Waals surface area contributed by atoms with E-state index in [4.69, 9.17) is 68.8 Å². The molecule has 9 aromatic heterocycles. The SMILES string of the molecule is CN(C)C=O.CN(C)C=O.CN(C)C=O.Nc1[nH]c(=O)ncc1F.Nc1[nH]c(=O)ncc1F.Nc1[nH]c(=O)ncc1F.Nc1[nH]c(=O)ncc1F.Nc1[nH]c(=O)ncc1F.Nc1[nH]c(=O)ncc1F.Nc1cc(=O)[nH]c(N)n1.Nc1cc(=O)[nH]c(N)n1.Nc1cc(=O)[nH]c(N)n1. The lowest BCUT2D eigenvalue weighted by Gasteiger charge is -1.93. The van der Waals surface area contributed by atoms with Crippen molar-refractivity contribution in [2.24, 2.45) is 0 Å². The Kier molecular flexibility index (Phi) is 40.8. The van der Waals surface area contributed by atoms with Crippen molar-refractivity contribution in [1.29, 1.82) is 0 Å². The van der Waals surface area contributed by atoms with E-state index in [1.54, 1.807) is 42.3 Å². The van der Waals surface area contributed by atoms with E-state index in [0.29, 0.717) is 0 Å². The van der Waals surface area contributed by atoms with Crippen LogP contribution < -0.4 is 120 Å². The third-order valence-corrected chi connectivity index (χ3v) is 7.74. The Morgan fingerprint density at radius 2 is 0.427 bits per heavy atom. The van der Waals surface area contributed by atoms with Gasteiger partial charge in [0.1, 0.15) is 52.4 Å². The summed E-state index contributed by atoms with van der Waals surface area (Å²) in [6, 6.07) is 3.49. The summed E-state index contributed by atoms with van der Waals surface area (Å²) in [6.45, 7) is 0. The van der Waals surface area contributed by atoms with Gasteiger partial charge in [-0.1, -0.05) is 0 Å². The van der Waals surface area contributed by atoms with E-state index >= 15 is 0 Å². The second kappa shape index (κ2) is 45.7. The second-order valence-electron chi connectivity index (χ2n) is 16.6. The minimum Gasteiger partial charge on any atom is -0.383 e. The quantitative estimate of drug-likeness (QED) is 0.0577. The van der Waals surface area contributed by atoms with Crippen LogP contribution in [-0.4, -0.2) is 166 Å². The lowest BCUT2D eigenvalue weighted by molar-refractivity contribution is -0.116. The lowest BCUT2D eigenvalue weighted by Crippen LogP contribution is -2.12. The number of rotatable bonds is 3. The van der Waals surface area contributed by atoms with Crippen LogP contribution in [0.4, 0.5) is 96.5 Å². The van der Waals surface area contributed by atoms with Gasteiger partial charge in [0, 0.05) is 60.5 Å². The zero-order chi connectivity index (χ0) is 74.5. The third-order valence-electron chi connectivity index (χ3n) is 7.74. The van der Waals surface area contributed by atoms with Gasteiger partial charge in [0.05, 0.1) is 37.2 Å². The molecule has 45 nitrogen and oxygen atoms in total. The number of nitrogens with two attached hydrogens (primary N) is 12. The molecule has 9 rings (SSSR count). The van der Waals surface area contributed by atoms with Crippen molar-refractivity contribution in [2.45, 2.75) is 0 Å². The Balaban J connectivity index is -0.000000988. The summed E-state index contributed by atoms with van der Waals surface area (Å²) < 4.78 is 72.8. The maximum Gasteiger partial charge on any atom is 0.346 e. The van der Waals surface area contributed by atoms with Gasteiger partial charge in [0.2, 0.25) is 37.1 Å². The van der Waals surface area contributed by atoms with Crippen molar-refractivity contribution in [3.8, 4) is 0 Å². The number of amides is 3. The Hall–Kier alpha value is -14.5. The highest BCUT2D eigenvalue weighted by Gasteiger charge is 2.00. The zero-order valence-corrected chi connectivity index (χ0v) is 50.4. The smallest absolute Gasteiger partial charge is 0.346 e. The second-order valence-corrected chi connectivity index (χ2v) is 16.6. The molecule has 0 aliphatic rings. The van der Waals surface area contributed by atoms with E-state index < -0.39 is 69.0 Å². The van der Waals surface area contributed by atoms with Gasteiger partial charge >= 0.3 is 34.1 Å². The first kappa shape index (κ1) is 85.7. The minimum absolute atomic E-state index is 0.0417. The predicted molar refractivity (Wildman–Crippen MR) is 336 cm³/mol. The molecule has 51 heteroatoms. The number of hydrogen-bond acceptors (Lipinski definition) is 33. The number of hydrogen-bond donors (Lipinski definition) is 21.